The smallest absolute Gasteiger partial charge is 0.233 e. The monoisotopic (exact) mass is 307 g/mol. The molecule has 0 aromatic heterocycles. The fraction of sp³-hybridized carbons (Fsp3) is 0.588. The fourth-order valence-electron chi connectivity index (χ4n) is 2.26. The van der Waals surface area contributed by atoms with Crippen molar-refractivity contribution < 1.29 is 9.53 Å². The SMILES string of the molecule is CC.CNC(=O)CN1CCN(CCOc2ccccc2)CC1. The third-order valence-electron chi connectivity index (χ3n) is 3.53. The van der Waals surface area contributed by atoms with Crippen molar-refractivity contribution in [3.63, 3.8) is 0 Å². The summed E-state index contributed by atoms with van der Waals surface area (Å²) in [7, 11) is 1.68. The summed E-state index contributed by atoms with van der Waals surface area (Å²) in [6.45, 7) is 10.0. The lowest BCUT2D eigenvalue weighted by Crippen LogP contribution is -2.49. The summed E-state index contributed by atoms with van der Waals surface area (Å²) in [4.78, 5) is 15.9. The van der Waals surface area contributed by atoms with E-state index in [1.54, 1.807) is 7.05 Å². The number of nitrogens with one attached hydrogen (secondary N) is 1. The van der Waals surface area contributed by atoms with Gasteiger partial charge >= 0.3 is 0 Å². The van der Waals surface area contributed by atoms with Gasteiger partial charge < -0.3 is 10.1 Å². The molecule has 0 bridgehead atoms. The van der Waals surface area contributed by atoms with Crippen molar-refractivity contribution in [1.29, 1.82) is 0 Å². The van der Waals surface area contributed by atoms with E-state index in [-0.39, 0.29) is 5.91 Å². The number of piperazine rings is 1. The van der Waals surface area contributed by atoms with Crippen molar-refractivity contribution in [2.24, 2.45) is 0 Å². The van der Waals surface area contributed by atoms with Crippen molar-refractivity contribution in [1.82, 2.24) is 15.1 Å². The normalized spacial score (nSPS) is 15.6. The third-order valence-corrected chi connectivity index (χ3v) is 3.53. The lowest BCUT2D eigenvalue weighted by Gasteiger charge is -2.34. The summed E-state index contributed by atoms with van der Waals surface area (Å²) in [5, 5.41) is 2.66. The van der Waals surface area contributed by atoms with Crippen molar-refractivity contribution >= 4 is 5.91 Å². The molecule has 1 heterocycles. The Bertz CT molecular complexity index is 404. The lowest BCUT2D eigenvalue weighted by molar-refractivity contribution is -0.122. The molecule has 1 saturated heterocycles. The van der Waals surface area contributed by atoms with E-state index in [0.29, 0.717) is 13.2 Å². The minimum absolute atomic E-state index is 0.0888. The molecular weight excluding hydrogens is 278 g/mol. The Kier molecular flexibility index (Phi) is 9.26. The molecule has 1 aromatic rings. The summed E-state index contributed by atoms with van der Waals surface area (Å²) in [6, 6.07) is 9.89. The van der Waals surface area contributed by atoms with Crippen LogP contribution < -0.4 is 10.1 Å². The summed E-state index contributed by atoms with van der Waals surface area (Å²) >= 11 is 0. The van der Waals surface area contributed by atoms with Crippen molar-refractivity contribution in [2.45, 2.75) is 13.8 Å². The first-order valence-corrected chi connectivity index (χ1v) is 8.11. The van der Waals surface area contributed by atoms with E-state index in [9.17, 15) is 4.79 Å². The largest absolute Gasteiger partial charge is 0.492 e. The highest BCUT2D eigenvalue weighted by molar-refractivity contribution is 5.77. The van der Waals surface area contributed by atoms with Crippen molar-refractivity contribution in [2.75, 3.05) is 52.9 Å². The molecule has 22 heavy (non-hydrogen) atoms. The molecule has 0 aliphatic carbocycles. The molecule has 1 N–H and O–H groups in total. The number of carbonyl (C=O) groups excluding carboxylic acids is 1. The average molecular weight is 307 g/mol. The maximum absolute atomic E-state index is 11.3. The molecule has 124 valence electrons. The van der Waals surface area contributed by atoms with Crippen LogP contribution in [0.15, 0.2) is 30.3 Å². The van der Waals surface area contributed by atoms with Gasteiger partial charge in [-0.2, -0.15) is 0 Å². The van der Waals surface area contributed by atoms with Crippen LogP contribution in [0.1, 0.15) is 13.8 Å². The number of benzene rings is 1. The first kappa shape index (κ1) is 18.5. The molecule has 0 spiro atoms. The van der Waals surface area contributed by atoms with Gasteiger partial charge in [0.25, 0.3) is 0 Å². The number of amides is 1. The highest BCUT2D eigenvalue weighted by Crippen LogP contribution is 2.08. The molecule has 5 nitrogen and oxygen atoms in total. The van der Waals surface area contributed by atoms with Gasteiger partial charge in [-0.05, 0) is 12.1 Å². The van der Waals surface area contributed by atoms with Gasteiger partial charge in [0.15, 0.2) is 0 Å². The van der Waals surface area contributed by atoms with Gasteiger partial charge in [0.1, 0.15) is 12.4 Å². The van der Waals surface area contributed by atoms with E-state index < -0.39 is 0 Å². The van der Waals surface area contributed by atoms with Gasteiger partial charge in [0, 0.05) is 39.8 Å². The van der Waals surface area contributed by atoms with Crippen molar-refractivity contribution in [3.8, 4) is 5.75 Å². The zero-order chi connectivity index (χ0) is 16.2. The van der Waals surface area contributed by atoms with Gasteiger partial charge in [-0.15, -0.1) is 0 Å². The van der Waals surface area contributed by atoms with Crippen LogP contribution in [0.4, 0.5) is 0 Å². The molecule has 0 atom stereocenters. The van der Waals surface area contributed by atoms with Gasteiger partial charge in [0.2, 0.25) is 5.91 Å². The second-order valence-electron chi connectivity index (χ2n) is 4.95. The van der Waals surface area contributed by atoms with Crippen LogP contribution in [0.25, 0.3) is 0 Å². The number of para-hydroxylation sites is 1. The Hall–Kier alpha value is -1.59. The minimum Gasteiger partial charge on any atom is -0.492 e. The average Bonchev–Trinajstić information content (AvgIpc) is 2.59. The van der Waals surface area contributed by atoms with Crippen LogP contribution in [0.3, 0.4) is 0 Å². The van der Waals surface area contributed by atoms with E-state index >= 15 is 0 Å². The predicted octanol–water partition coefficient (Wildman–Crippen LogP) is 1.46. The van der Waals surface area contributed by atoms with Crippen LogP contribution >= 0.6 is 0 Å². The third kappa shape index (κ3) is 6.91. The second-order valence-corrected chi connectivity index (χ2v) is 4.95. The summed E-state index contributed by atoms with van der Waals surface area (Å²) in [5.74, 6) is 1.01. The van der Waals surface area contributed by atoms with Crippen LogP contribution in [0, 0.1) is 0 Å². The lowest BCUT2D eigenvalue weighted by atomic mass is 10.3. The quantitative estimate of drug-likeness (QED) is 0.864. The highest BCUT2D eigenvalue weighted by atomic mass is 16.5. The number of nitrogens with zero attached hydrogens (tertiary/aromatic N) is 2. The number of rotatable bonds is 6. The Balaban J connectivity index is 0.00000116. The van der Waals surface area contributed by atoms with Crippen molar-refractivity contribution in [3.05, 3.63) is 30.3 Å². The maximum Gasteiger partial charge on any atom is 0.233 e. The van der Waals surface area contributed by atoms with Gasteiger partial charge in [-0.25, -0.2) is 0 Å². The standard InChI is InChI=1S/C15H23N3O2.C2H6/c1-16-15(19)13-18-9-7-17(8-10-18)11-12-20-14-5-3-2-4-6-14;1-2/h2-6H,7-13H2,1H3,(H,16,19);1-2H3. The number of hydrogen-bond acceptors (Lipinski definition) is 4. The Morgan fingerprint density at radius 2 is 1.68 bits per heavy atom. The molecule has 1 aromatic carbocycles. The van der Waals surface area contributed by atoms with Gasteiger partial charge in [-0.3, -0.25) is 14.6 Å². The maximum atomic E-state index is 11.3. The predicted molar refractivity (Wildman–Crippen MR) is 90.2 cm³/mol. The zero-order valence-electron chi connectivity index (χ0n) is 14.0. The molecule has 5 heteroatoms. The number of carbonyl (C=O) groups is 1. The zero-order valence-corrected chi connectivity index (χ0v) is 14.0. The van der Waals surface area contributed by atoms with Crippen LogP contribution in [0.2, 0.25) is 0 Å². The Morgan fingerprint density at radius 1 is 1.09 bits per heavy atom. The molecular formula is C17H29N3O2. The Morgan fingerprint density at radius 3 is 2.27 bits per heavy atom. The first-order chi connectivity index (χ1) is 10.8. The van der Waals surface area contributed by atoms with E-state index in [4.69, 9.17) is 4.74 Å². The molecule has 2 rings (SSSR count). The Labute approximate surface area is 134 Å². The fourth-order valence-corrected chi connectivity index (χ4v) is 2.26. The molecule has 1 fully saturated rings. The minimum atomic E-state index is 0.0888. The van der Waals surface area contributed by atoms with Crippen LogP contribution in [-0.4, -0.2) is 68.6 Å². The summed E-state index contributed by atoms with van der Waals surface area (Å²) < 4.78 is 5.70. The highest BCUT2D eigenvalue weighted by Gasteiger charge is 2.18. The number of hydrogen-bond donors (Lipinski definition) is 1. The van der Waals surface area contributed by atoms with E-state index in [2.05, 4.69) is 15.1 Å². The van der Waals surface area contributed by atoms with E-state index in [0.717, 1.165) is 38.5 Å². The van der Waals surface area contributed by atoms with Crippen LogP contribution in [0.5, 0.6) is 5.75 Å². The van der Waals surface area contributed by atoms with E-state index in [1.807, 2.05) is 44.2 Å². The molecule has 1 aliphatic rings. The molecule has 0 unspecified atom stereocenters. The molecule has 1 amide bonds. The van der Waals surface area contributed by atoms with Gasteiger partial charge in [-0.1, -0.05) is 32.0 Å². The van der Waals surface area contributed by atoms with E-state index in [1.165, 1.54) is 0 Å². The number of likely N-dealkylation sites (N-methyl/N-ethyl adjacent to an activating group) is 1. The first-order valence-electron chi connectivity index (χ1n) is 8.11. The number of ether oxygens (including phenoxy) is 1. The topological polar surface area (TPSA) is 44.8 Å². The molecule has 0 saturated carbocycles. The molecule has 1 aliphatic heterocycles. The summed E-state index contributed by atoms with van der Waals surface area (Å²) in [5.41, 5.74) is 0. The van der Waals surface area contributed by atoms with Crippen LogP contribution in [-0.2, 0) is 4.79 Å². The summed E-state index contributed by atoms with van der Waals surface area (Å²) in [6.07, 6.45) is 0. The second kappa shape index (κ2) is 11.0. The molecule has 0 radical (unpaired) electrons. The van der Waals surface area contributed by atoms with Gasteiger partial charge in [0.05, 0.1) is 6.54 Å².